The molecular formula is C16H15F4N. The average Bonchev–Trinajstić information content (AvgIpc) is 2.44. The minimum absolute atomic E-state index is 0.105. The first-order valence-electron chi connectivity index (χ1n) is 6.51. The predicted octanol–water partition coefficient (Wildman–Crippen LogP) is 4.78. The zero-order valence-corrected chi connectivity index (χ0v) is 11.4. The standard InChI is InChI=1S/C16H15F4N/c1-11(13-9-5-6-10-14(13)17)21-15(16(18,19)20)12-7-3-2-4-8-12/h2-11,15,21H,1H3/t11-,15?/m1/s1. The lowest BCUT2D eigenvalue weighted by Crippen LogP contribution is -2.36. The van der Waals surface area contributed by atoms with Crippen LogP contribution in [-0.4, -0.2) is 6.18 Å². The second-order valence-corrected chi connectivity index (χ2v) is 4.80. The van der Waals surface area contributed by atoms with E-state index in [-0.39, 0.29) is 11.1 Å². The second-order valence-electron chi connectivity index (χ2n) is 4.80. The summed E-state index contributed by atoms with van der Waals surface area (Å²) in [4.78, 5) is 0. The Labute approximate surface area is 120 Å². The average molecular weight is 297 g/mol. The summed E-state index contributed by atoms with van der Waals surface area (Å²) in [5.41, 5.74) is 0.316. The number of rotatable bonds is 4. The normalized spacial score (nSPS) is 14.7. The lowest BCUT2D eigenvalue weighted by atomic mass is 10.0. The Kier molecular flexibility index (Phi) is 4.63. The van der Waals surface area contributed by atoms with Gasteiger partial charge in [0.2, 0.25) is 0 Å². The van der Waals surface area contributed by atoms with Crippen LogP contribution in [0.3, 0.4) is 0 Å². The Balaban J connectivity index is 2.26. The first kappa shape index (κ1) is 15.5. The fourth-order valence-corrected chi connectivity index (χ4v) is 2.19. The summed E-state index contributed by atoms with van der Waals surface area (Å²) < 4.78 is 53.3. The van der Waals surface area contributed by atoms with Crippen LogP contribution < -0.4 is 5.32 Å². The van der Waals surface area contributed by atoms with E-state index >= 15 is 0 Å². The van der Waals surface area contributed by atoms with Gasteiger partial charge in [0.05, 0.1) is 0 Å². The summed E-state index contributed by atoms with van der Waals surface area (Å²) in [5, 5.41) is 2.47. The lowest BCUT2D eigenvalue weighted by molar-refractivity contribution is -0.159. The van der Waals surface area contributed by atoms with Gasteiger partial charge >= 0.3 is 6.18 Å². The number of alkyl halides is 3. The minimum atomic E-state index is -4.46. The monoisotopic (exact) mass is 297 g/mol. The summed E-state index contributed by atoms with van der Waals surface area (Å²) in [5.74, 6) is -0.522. The molecule has 0 saturated carbocycles. The molecule has 0 spiro atoms. The van der Waals surface area contributed by atoms with E-state index in [0.29, 0.717) is 0 Å². The molecule has 5 heteroatoms. The summed E-state index contributed by atoms with van der Waals surface area (Å²) in [6.07, 6.45) is -4.46. The van der Waals surface area contributed by atoms with Crippen molar-refractivity contribution in [3.05, 3.63) is 71.5 Å². The van der Waals surface area contributed by atoms with Crippen LogP contribution in [0.15, 0.2) is 54.6 Å². The van der Waals surface area contributed by atoms with Gasteiger partial charge in [0, 0.05) is 11.6 Å². The summed E-state index contributed by atoms with van der Waals surface area (Å²) >= 11 is 0. The third-order valence-electron chi connectivity index (χ3n) is 3.25. The van der Waals surface area contributed by atoms with Crippen LogP contribution in [0, 0.1) is 5.82 Å². The third kappa shape index (κ3) is 3.82. The first-order valence-corrected chi connectivity index (χ1v) is 6.51. The van der Waals surface area contributed by atoms with Gasteiger partial charge in [0.15, 0.2) is 0 Å². The van der Waals surface area contributed by atoms with E-state index in [2.05, 4.69) is 5.32 Å². The van der Waals surface area contributed by atoms with Gasteiger partial charge in [-0.15, -0.1) is 0 Å². The molecule has 0 bridgehead atoms. The molecule has 2 aromatic rings. The fraction of sp³-hybridized carbons (Fsp3) is 0.250. The van der Waals surface area contributed by atoms with Gasteiger partial charge in [-0.25, -0.2) is 4.39 Å². The number of halogens is 4. The maximum Gasteiger partial charge on any atom is 0.407 e. The van der Waals surface area contributed by atoms with Crippen molar-refractivity contribution in [1.29, 1.82) is 0 Å². The highest BCUT2D eigenvalue weighted by Crippen LogP contribution is 2.34. The van der Waals surface area contributed by atoms with Gasteiger partial charge in [-0.2, -0.15) is 13.2 Å². The van der Waals surface area contributed by atoms with Crippen molar-refractivity contribution in [2.75, 3.05) is 0 Å². The highest BCUT2D eigenvalue weighted by Gasteiger charge is 2.41. The third-order valence-corrected chi connectivity index (χ3v) is 3.25. The Morgan fingerprint density at radius 2 is 1.48 bits per heavy atom. The van der Waals surface area contributed by atoms with Crippen LogP contribution in [-0.2, 0) is 0 Å². The van der Waals surface area contributed by atoms with Crippen LogP contribution in [0.5, 0.6) is 0 Å². The van der Waals surface area contributed by atoms with Crippen molar-refractivity contribution < 1.29 is 17.6 Å². The fourth-order valence-electron chi connectivity index (χ4n) is 2.19. The van der Waals surface area contributed by atoms with E-state index < -0.39 is 24.1 Å². The molecule has 2 aromatic carbocycles. The molecule has 0 aliphatic rings. The molecule has 0 fully saturated rings. The molecule has 2 atom stereocenters. The number of nitrogens with one attached hydrogen (secondary N) is 1. The van der Waals surface area contributed by atoms with Crippen molar-refractivity contribution in [3.8, 4) is 0 Å². The van der Waals surface area contributed by atoms with E-state index in [1.165, 1.54) is 37.3 Å². The van der Waals surface area contributed by atoms with Gasteiger partial charge < -0.3 is 0 Å². The Bertz CT molecular complexity index is 580. The minimum Gasteiger partial charge on any atom is -0.296 e. The van der Waals surface area contributed by atoms with Crippen LogP contribution in [0.25, 0.3) is 0 Å². The summed E-state index contributed by atoms with van der Waals surface area (Å²) in [6, 6.07) is 10.8. The molecule has 0 aliphatic carbocycles. The van der Waals surface area contributed by atoms with Crippen LogP contribution >= 0.6 is 0 Å². The highest BCUT2D eigenvalue weighted by molar-refractivity contribution is 5.24. The van der Waals surface area contributed by atoms with Crippen molar-refractivity contribution in [2.45, 2.75) is 25.2 Å². The first-order chi connectivity index (χ1) is 9.89. The Morgan fingerprint density at radius 1 is 0.905 bits per heavy atom. The number of hydrogen-bond donors (Lipinski definition) is 1. The molecule has 112 valence electrons. The molecule has 21 heavy (non-hydrogen) atoms. The molecule has 0 radical (unpaired) electrons. The highest BCUT2D eigenvalue weighted by atomic mass is 19.4. The topological polar surface area (TPSA) is 12.0 Å². The molecule has 0 saturated heterocycles. The van der Waals surface area contributed by atoms with E-state index in [1.54, 1.807) is 24.3 Å². The van der Waals surface area contributed by atoms with Gasteiger partial charge in [0.25, 0.3) is 0 Å². The Morgan fingerprint density at radius 3 is 2.05 bits per heavy atom. The molecule has 0 heterocycles. The molecule has 1 nitrogen and oxygen atoms in total. The van der Waals surface area contributed by atoms with Gasteiger partial charge in [-0.1, -0.05) is 48.5 Å². The van der Waals surface area contributed by atoms with Gasteiger partial charge in [-0.05, 0) is 18.6 Å². The number of benzene rings is 2. The molecule has 1 N–H and O–H groups in total. The SMILES string of the molecule is C[C@@H](NC(c1ccccc1)C(F)(F)F)c1ccccc1F. The maximum atomic E-state index is 13.7. The van der Waals surface area contributed by atoms with Crippen LogP contribution in [0.1, 0.15) is 30.1 Å². The Hall–Kier alpha value is -1.88. The zero-order chi connectivity index (χ0) is 15.5. The van der Waals surface area contributed by atoms with E-state index in [4.69, 9.17) is 0 Å². The lowest BCUT2D eigenvalue weighted by Gasteiger charge is -2.26. The van der Waals surface area contributed by atoms with E-state index in [9.17, 15) is 17.6 Å². The zero-order valence-electron chi connectivity index (χ0n) is 11.4. The number of hydrogen-bond acceptors (Lipinski definition) is 1. The summed E-state index contributed by atoms with van der Waals surface area (Å²) in [6.45, 7) is 1.51. The molecule has 0 aromatic heterocycles. The predicted molar refractivity (Wildman–Crippen MR) is 73.2 cm³/mol. The van der Waals surface area contributed by atoms with Gasteiger partial charge in [-0.3, -0.25) is 5.32 Å². The largest absolute Gasteiger partial charge is 0.407 e. The van der Waals surface area contributed by atoms with Crippen molar-refractivity contribution >= 4 is 0 Å². The van der Waals surface area contributed by atoms with Crippen LogP contribution in [0.4, 0.5) is 17.6 Å². The summed E-state index contributed by atoms with van der Waals surface area (Å²) in [7, 11) is 0. The molecule has 0 amide bonds. The smallest absolute Gasteiger partial charge is 0.296 e. The quantitative estimate of drug-likeness (QED) is 0.801. The van der Waals surface area contributed by atoms with E-state index in [1.807, 2.05) is 0 Å². The molecule has 1 unspecified atom stereocenters. The maximum absolute atomic E-state index is 13.7. The molecule has 0 aliphatic heterocycles. The van der Waals surface area contributed by atoms with Crippen molar-refractivity contribution in [1.82, 2.24) is 5.32 Å². The van der Waals surface area contributed by atoms with Crippen molar-refractivity contribution in [2.24, 2.45) is 0 Å². The van der Waals surface area contributed by atoms with Crippen molar-refractivity contribution in [3.63, 3.8) is 0 Å². The van der Waals surface area contributed by atoms with E-state index in [0.717, 1.165) is 0 Å². The van der Waals surface area contributed by atoms with Crippen LogP contribution in [0.2, 0.25) is 0 Å². The molecule has 2 rings (SSSR count). The second kappa shape index (κ2) is 6.26. The molecular weight excluding hydrogens is 282 g/mol. The van der Waals surface area contributed by atoms with Gasteiger partial charge in [0.1, 0.15) is 11.9 Å².